The normalized spacial score (nSPS) is 45.0. The van der Waals surface area contributed by atoms with Gasteiger partial charge >= 0.3 is 0 Å². The van der Waals surface area contributed by atoms with E-state index in [9.17, 15) is 4.39 Å². The lowest BCUT2D eigenvalue weighted by Gasteiger charge is -2.36. The lowest BCUT2D eigenvalue weighted by atomic mass is 9.82. The maximum Gasteiger partial charge on any atom is 0.199 e. The van der Waals surface area contributed by atoms with E-state index in [1.54, 1.807) is 0 Å². The Morgan fingerprint density at radius 2 is 1.82 bits per heavy atom. The third-order valence-electron chi connectivity index (χ3n) is 2.93. The number of hydrogen-bond donors (Lipinski definition) is 0. The van der Waals surface area contributed by atoms with Crippen LogP contribution in [-0.2, 0) is 4.74 Å². The maximum absolute atomic E-state index is 12.7. The Hall–Kier alpha value is -0.110. The zero-order valence-corrected chi connectivity index (χ0v) is 6.76. The second-order valence-electron chi connectivity index (χ2n) is 3.71. The van der Waals surface area contributed by atoms with Gasteiger partial charge in [-0.1, -0.05) is 12.8 Å². The second kappa shape index (κ2) is 3.10. The Labute approximate surface area is 66.9 Å². The summed E-state index contributed by atoms with van der Waals surface area (Å²) < 4.78 is 18.0. The Morgan fingerprint density at radius 1 is 1.00 bits per heavy atom. The fourth-order valence-corrected chi connectivity index (χ4v) is 2.29. The third-order valence-corrected chi connectivity index (χ3v) is 2.93. The van der Waals surface area contributed by atoms with Crippen LogP contribution in [0.4, 0.5) is 4.39 Å². The smallest absolute Gasteiger partial charge is 0.199 e. The molecule has 3 atom stereocenters. The van der Waals surface area contributed by atoms with Gasteiger partial charge in [-0.15, -0.1) is 0 Å². The standard InChI is InChI=1S/C9H15FO/c10-9-6-5-7-3-1-2-4-8(7)11-9/h7-9H,1-6H2. The van der Waals surface area contributed by atoms with Gasteiger partial charge in [-0.25, -0.2) is 4.39 Å². The van der Waals surface area contributed by atoms with Crippen LogP contribution in [0.25, 0.3) is 0 Å². The summed E-state index contributed by atoms with van der Waals surface area (Å²) in [6, 6.07) is 0. The molecule has 0 radical (unpaired) electrons. The van der Waals surface area contributed by atoms with Crippen molar-refractivity contribution in [2.24, 2.45) is 5.92 Å². The molecule has 1 saturated carbocycles. The number of alkyl halides is 1. The van der Waals surface area contributed by atoms with Crippen LogP contribution in [0.5, 0.6) is 0 Å². The van der Waals surface area contributed by atoms with Crippen molar-refractivity contribution in [3.63, 3.8) is 0 Å². The van der Waals surface area contributed by atoms with Crippen LogP contribution in [0, 0.1) is 5.92 Å². The molecular formula is C9H15FO. The Bertz CT molecular complexity index is 138. The highest BCUT2D eigenvalue weighted by molar-refractivity contribution is 4.79. The SMILES string of the molecule is FC1CCC2CCCCC2O1. The van der Waals surface area contributed by atoms with Crippen molar-refractivity contribution in [1.29, 1.82) is 0 Å². The number of rotatable bonds is 0. The van der Waals surface area contributed by atoms with E-state index in [1.165, 1.54) is 19.3 Å². The van der Waals surface area contributed by atoms with E-state index in [-0.39, 0.29) is 6.10 Å². The molecule has 64 valence electrons. The summed E-state index contributed by atoms with van der Waals surface area (Å²) in [5.74, 6) is 0.677. The van der Waals surface area contributed by atoms with Crippen molar-refractivity contribution < 1.29 is 9.13 Å². The molecular weight excluding hydrogens is 143 g/mol. The number of fused-ring (bicyclic) bond motifs is 1. The van der Waals surface area contributed by atoms with E-state index in [4.69, 9.17) is 4.74 Å². The molecule has 0 aromatic carbocycles. The number of hydrogen-bond acceptors (Lipinski definition) is 1. The molecule has 0 amide bonds. The topological polar surface area (TPSA) is 9.23 Å². The summed E-state index contributed by atoms with van der Waals surface area (Å²) in [7, 11) is 0. The van der Waals surface area contributed by atoms with Crippen molar-refractivity contribution in [3.8, 4) is 0 Å². The molecule has 0 bridgehead atoms. The minimum Gasteiger partial charge on any atom is -0.344 e. The molecule has 2 rings (SSSR count). The first-order valence-electron chi connectivity index (χ1n) is 4.66. The number of ether oxygens (including phenoxy) is 1. The quantitative estimate of drug-likeness (QED) is 0.526. The molecule has 1 saturated heterocycles. The van der Waals surface area contributed by atoms with Crippen LogP contribution in [-0.4, -0.2) is 12.5 Å². The van der Waals surface area contributed by atoms with E-state index in [1.807, 2.05) is 0 Å². The molecule has 1 nitrogen and oxygen atoms in total. The molecule has 2 aliphatic rings. The largest absolute Gasteiger partial charge is 0.344 e. The Balaban J connectivity index is 1.93. The summed E-state index contributed by atoms with van der Waals surface area (Å²) in [5.41, 5.74) is 0. The third kappa shape index (κ3) is 1.56. The Kier molecular flexibility index (Phi) is 2.12. The Morgan fingerprint density at radius 3 is 2.73 bits per heavy atom. The molecule has 0 N–H and O–H groups in total. The van der Waals surface area contributed by atoms with Crippen LogP contribution < -0.4 is 0 Å². The van der Waals surface area contributed by atoms with Gasteiger partial charge in [0.05, 0.1) is 6.10 Å². The fourth-order valence-electron chi connectivity index (χ4n) is 2.29. The lowest BCUT2D eigenvalue weighted by molar-refractivity contribution is -0.152. The highest BCUT2D eigenvalue weighted by atomic mass is 19.1. The van der Waals surface area contributed by atoms with Crippen molar-refractivity contribution in [3.05, 3.63) is 0 Å². The van der Waals surface area contributed by atoms with Crippen molar-refractivity contribution in [2.75, 3.05) is 0 Å². The van der Waals surface area contributed by atoms with Crippen LogP contribution >= 0.6 is 0 Å². The summed E-state index contributed by atoms with van der Waals surface area (Å²) in [6.07, 6.45) is 5.87. The second-order valence-corrected chi connectivity index (χ2v) is 3.71. The van der Waals surface area contributed by atoms with Gasteiger partial charge < -0.3 is 4.74 Å². The monoisotopic (exact) mass is 158 g/mol. The molecule has 2 fully saturated rings. The molecule has 0 aromatic rings. The molecule has 0 aromatic heterocycles. The summed E-state index contributed by atoms with van der Waals surface area (Å²) in [6.45, 7) is 0. The molecule has 11 heavy (non-hydrogen) atoms. The fraction of sp³-hybridized carbons (Fsp3) is 1.00. The van der Waals surface area contributed by atoms with Gasteiger partial charge in [0.2, 0.25) is 0 Å². The molecule has 1 aliphatic heterocycles. The van der Waals surface area contributed by atoms with Gasteiger partial charge in [0.25, 0.3) is 0 Å². The van der Waals surface area contributed by atoms with Crippen LogP contribution in [0.3, 0.4) is 0 Å². The predicted molar refractivity (Wildman–Crippen MR) is 41.0 cm³/mol. The van der Waals surface area contributed by atoms with Gasteiger partial charge in [0.15, 0.2) is 6.36 Å². The van der Waals surface area contributed by atoms with E-state index >= 15 is 0 Å². The zero-order chi connectivity index (χ0) is 7.68. The van der Waals surface area contributed by atoms with E-state index in [2.05, 4.69) is 0 Å². The molecule has 0 spiro atoms. The average Bonchev–Trinajstić information content (AvgIpc) is 2.04. The van der Waals surface area contributed by atoms with Gasteiger partial charge in [-0.05, 0) is 25.2 Å². The van der Waals surface area contributed by atoms with Crippen molar-refractivity contribution in [1.82, 2.24) is 0 Å². The van der Waals surface area contributed by atoms with Crippen LogP contribution in [0.1, 0.15) is 38.5 Å². The van der Waals surface area contributed by atoms with Gasteiger partial charge in [0, 0.05) is 6.42 Å². The van der Waals surface area contributed by atoms with Gasteiger partial charge in [0.1, 0.15) is 0 Å². The van der Waals surface area contributed by atoms with Crippen LogP contribution in [0.15, 0.2) is 0 Å². The van der Waals surface area contributed by atoms with Gasteiger partial charge in [-0.3, -0.25) is 0 Å². The minimum absolute atomic E-state index is 0.257. The zero-order valence-electron chi connectivity index (χ0n) is 6.76. The first-order chi connectivity index (χ1) is 5.36. The highest BCUT2D eigenvalue weighted by Gasteiger charge is 2.32. The first kappa shape index (κ1) is 7.53. The lowest BCUT2D eigenvalue weighted by Crippen LogP contribution is -2.35. The first-order valence-corrected chi connectivity index (χ1v) is 4.66. The van der Waals surface area contributed by atoms with E-state index in [0.717, 1.165) is 12.8 Å². The summed E-state index contributed by atoms with van der Waals surface area (Å²) >= 11 is 0. The minimum atomic E-state index is -0.964. The molecule has 2 heteroatoms. The van der Waals surface area contributed by atoms with Crippen molar-refractivity contribution >= 4 is 0 Å². The van der Waals surface area contributed by atoms with Crippen LogP contribution in [0.2, 0.25) is 0 Å². The summed E-state index contributed by atoms with van der Waals surface area (Å²) in [5, 5.41) is 0. The predicted octanol–water partition coefficient (Wildman–Crippen LogP) is 2.65. The summed E-state index contributed by atoms with van der Waals surface area (Å²) in [4.78, 5) is 0. The molecule has 3 unspecified atom stereocenters. The van der Waals surface area contributed by atoms with E-state index in [0.29, 0.717) is 12.3 Å². The van der Waals surface area contributed by atoms with Crippen molar-refractivity contribution in [2.45, 2.75) is 51.0 Å². The number of halogens is 1. The van der Waals surface area contributed by atoms with E-state index < -0.39 is 6.36 Å². The average molecular weight is 158 g/mol. The maximum atomic E-state index is 12.7. The highest BCUT2D eigenvalue weighted by Crippen LogP contribution is 2.35. The molecule has 1 aliphatic carbocycles. The molecule has 1 heterocycles. The van der Waals surface area contributed by atoms with Gasteiger partial charge in [-0.2, -0.15) is 0 Å².